The summed E-state index contributed by atoms with van der Waals surface area (Å²) in [6.07, 6.45) is 3.95. The number of aryl methyl sites for hydroxylation is 1. The molecular formula is C12H14ClNO2. The predicted molar refractivity (Wildman–Crippen MR) is 63.8 cm³/mol. The topological polar surface area (TPSA) is 43.1 Å². The van der Waals surface area contributed by atoms with Crippen molar-refractivity contribution >= 4 is 17.3 Å². The highest BCUT2D eigenvalue weighted by Gasteiger charge is 2.29. The lowest BCUT2D eigenvalue weighted by Crippen LogP contribution is -2.04. The number of rotatable bonds is 5. The molecule has 0 aromatic heterocycles. The van der Waals surface area contributed by atoms with Crippen LogP contribution < -0.4 is 0 Å². The highest BCUT2D eigenvalue weighted by molar-refractivity contribution is 6.20. The van der Waals surface area contributed by atoms with Gasteiger partial charge in [-0.2, -0.15) is 0 Å². The van der Waals surface area contributed by atoms with Crippen LogP contribution in [0.15, 0.2) is 24.3 Å². The molecule has 0 heterocycles. The van der Waals surface area contributed by atoms with Crippen molar-refractivity contribution in [2.75, 3.05) is 0 Å². The van der Waals surface area contributed by atoms with Gasteiger partial charge in [0.05, 0.1) is 4.92 Å². The monoisotopic (exact) mass is 239 g/mol. The molecule has 4 heteroatoms. The van der Waals surface area contributed by atoms with E-state index in [0.717, 1.165) is 12.0 Å². The first-order chi connectivity index (χ1) is 7.68. The van der Waals surface area contributed by atoms with Crippen LogP contribution in [0, 0.1) is 16.0 Å². The van der Waals surface area contributed by atoms with E-state index in [1.807, 2.05) is 12.1 Å². The van der Waals surface area contributed by atoms with E-state index in [1.54, 1.807) is 12.1 Å². The molecule has 1 aromatic rings. The first-order valence-electron chi connectivity index (χ1n) is 5.55. The molecule has 0 radical (unpaired) electrons. The smallest absolute Gasteiger partial charge is 0.258 e. The van der Waals surface area contributed by atoms with Crippen LogP contribution in [0.5, 0.6) is 0 Å². The van der Waals surface area contributed by atoms with Gasteiger partial charge < -0.3 is 0 Å². The van der Waals surface area contributed by atoms with E-state index in [0.29, 0.717) is 12.3 Å². The van der Waals surface area contributed by atoms with Gasteiger partial charge in [-0.15, -0.1) is 11.6 Å². The molecule has 0 aliphatic heterocycles. The standard InChI is InChI=1S/C12H14ClNO2/c13-11(9-5-6-9)8-7-10-3-1-2-4-12(10)14(15)16/h1-4,9,11H,5-8H2. The average Bonchev–Trinajstić information content (AvgIpc) is 3.10. The van der Waals surface area contributed by atoms with Gasteiger partial charge in [0.2, 0.25) is 0 Å². The minimum Gasteiger partial charge on any atom is -0.258 e. The van der Waals surface area contributed by atoms with Crippen LogP contribution in [0.25, 0.3) is 0 Å². The summed E-state index contributed by atoms with van der Waals surface area (Å²) in [7, 11) is 0. The van der Waals surface area contributed by atoms with Gasteiger partial charge in [0.25, 0.3) is 5.69 Å². The van der Waals surface area contributed by atoms with E-state index < -0.39 is 0 Å². The summed E-state index contributed by atoms with van der Waals surface area (Å²) in [6.45, 7) is 0. The maximum atomic E-state index is 10.8. The summed E-state index contributed by atoms with van der Waals surface area (Å²) < 4.78 is 0. The quantitative estimate of drug-likeness (QED) is 0.448. The Morgan fingerprint density at radius 3 is 2.75 bits per heavy atom. The predicted octanol–water partition coefficient (Wildman–Crippen LogP) is 3.54. The minimum atomic E-state index is -0.324. The van der Waals surface area contributed by atoms with Gasteiger partial charge >= 0.3 is 0 Å². The molecule has 2 rings (SSSR count). The Bertz CT molecular complexity index is 390. The molecule has 1 aliphatic rings. The van der Waals surface area contributed by atoms with Gasteiger partial charge in [0.1, 0.15) is 0 Å². The third-order valence-corrected chi connectivity index (χ3v) is 3.59. The van der Waals surface area contributed by atoms with Gasteiger partial charge in [-0.1, -0.05) is 18.2 Å². The molecule has 1 atom stereocenters. The van der Waals surface area contributed by atoms with Crippen LogP contribution in [0.1, 0.15) is 24.8 Å². The first-order valence-corrected chi connectivity index (χ1v) is 5.98. The molecule has 0 bridgehead atoms. The Kier molecular flexibility index (Phi) is 3.44. The van der Waals surface area contributed by atoms with E-state index >= 15 is 0 Å². The molecule has 1 unspecified atom stereocenters. The molecule has 0 saturated heterocycles. The SMILES string of the molecule is O=[N+]([O-])c1ccccc1CCC(Cl)C1CC1. The fourth-order valence-electron chi connectivity index (χ4n) is 1.89. The number of nitro groups is 1. The lowest BCUT2D eigenvalue weighted by molar-refractivity contribution is -0.385. The Morgan fingerprint density at radius 2 is 2.12 bits per heavy atom. The third-order valence-electron chi connectivity index (χ3n) is 3.01. The molecule has 1 aliphatic carbocycles. The average molecular weight is 240 g/mol. The zero-order valence-corrected chi connectivity index (χ0v) is 9.69. The fourth-order valence-corrected chi connectivity index (χ4v) is 2.25. The Hall–Kier alpha value is -1.09. The van der Waals surface area contributed by atoms with Crippen LogP contribution in [0.2, 0.25) is 0 Å². The molecular weight excluding hydrogens is 226 g/mol. The van der Waals surface area contributed by atoms with Gasteiger partial charge in [-0.05, 0) is 31.6 Å². The van der Waals surface area contributed by atoms with Crippen molar-refractivity contribution in [1.29, 1.82) is 0 Å². The second-order valence-electron chi connectivity index (χ2n) is 4.28. The summed E-state index contributed by atoms with van der Waals surface area (Å²) in [5.41, 5.74) is 1.00. The normalized spacial score (nSPS) is 17.1. The summed E-state index contributed by atoms with van der Waals surface area (Å²) in [5, 5.41) is 11.0. The number of benzene rings is 1. The van der Waals surface area contributed by atoms with Crippen LogP contribution in [0.3, 0.4) is 0 Å². The van der Waals surface area contributed by atoms with Crippen molar-refractivity contribution in [2.45, 2.75) is 31.1 Å². The third kappa shape index (κ3) is 2.73. The lowest BCUT2D eigenvalue weighted by Gasteiger charge is -2.07. The second kappa shape index (κ2) is 4.83. The van der Waals surface area contributed by atoms with E-state index in [9.17, 15) is 10.1 Å². The number of hydrogen-bond donors (Lipinski definition) is 0. The Labute approximate surface area is 99.6 Å². The highest BCUT2D eigenvalue weighted by Crippen LogP contribution is 2.38. The maximum absolute atomic E-state index is 10.8. The van der Waals surface area contributed by atoms with Crippen LogP contribution in [-0.4, -0.2) is 10.3 Å². The van der Waals surface area contributed by atoms with E-state index in [4.69, 9.17) is 11.6 Å². The molecule has 0 spiro atoms. The number of hydrogen-bond acceptors (Lipinski definition) is 2. The maximum Gasteiger partial charge on any atom is 0.272 e. The fraction of sp³-hybridized carbons (Fsp3) is 0.500. The number of nitro benzene ring substituents is 1. The lowest BCUT2D eigenvalue weighted by atomic mass is 10.0. The summed E-state index contributed by atoms with van der Waals surface area (Å²) in [6, 6.07) is 6.90. The molecule has 1 fully saturated rings. The van der Waals surface area contributed by atoms with E-state index in [-0.39, 0.29) is 16.0 Å². The first kappa shape index (κ1) is 11.4. The van der Waals surface area contributed by atoms with Gasteiger partial charge in [-0.25, -0.2) is 0 Å². The van der Waals surface area contributed by atoms with Gasteiger partial charge in [0, 0.05) is 17.0 Å². The second-order valence-corrected chi connectivity index (χ2v) is 4.84. The molecule has 3 nitrogen and oxygen atoms in total. The largest absolute Gasteiger partial charge is 0.272 e. The van der Waals surface area contributed by atoms with Crippen molar-refractivity contribution in [3.05, 3.63) is 39.9 Å². The number of nitrogens with zero attached hydrogens (tertiary/aromatic N) is 1. The summed E-state index contributed by atoms with van der Waals surface area (Å²) >= 11 is 6.19. The number of alkyl halides is 1. The molecule has 1 saturated carbocycles. The molecule has 16 heavy (non-hydrogen) atoms. The van der Waals surface area contributed by atoms with Gasteiger partial charge in [-0.3, -0.25) is 10.1 Å². The number of halogens is 1. The highest BCUT2D eigenvalue weighted by atomic mass is 35.5. The summed E-state index contributed by atoms with van der Waals surface area (Å²) in [5.74, 6) is 0.643. The zero-order chi connectivity index (χ0) is 11.5. The zero-order valence-electron chi connectivity index (χ0n) is 8.93. The van der Waals surface area contributed by atoms with Crippen LogP contribution in [0.4, 0.5) is 5.69 Å². The van der Waals surface area contributed by atoms with Crippen molar-refractivity contribution in [3.63, 3.8) is 0 Å². The van der Waals surface area contributed by atoms with Gasteiger partial charge in [0.15, 0.2) is 0 Å². The number of para-hydroxylation sites is 1. The van der Waals surface area contributed by atoms with Crippen molar-refractivity contribution < 1.29 is 4.92 Å². The van der Waals surface area contributed by atoms with Crippen molar-refractivity contribution in [3.8, 4) is 0 Å². The minimum absolute atomic E-state index is 0.180. The molecule has 0 amide bonds. The molecule has 0 N–H and O–H groups in total. The Balaban J connectivity index is 1.99. The Morgan fingerprint density at radius 1 is 1.44 bits per heavy atom. The van der Waals surface area contributed by atoms with E-state index in [2.05, 4.69) is 0 Å². The van der Waals surface area contributed by atoms with Crippen molar-refractivity contribution in [2.24, 2.45) is 5.92 Å². The van der Waals surface area contributed by atoms with Crippen LogP contribution >= 0.6 is 11.6 Å². The van der Waals surface area contributed by atoms with E-state index in [1.165, 1.54) is 12.8 Å². The molecule has 1 aromatic carbocycles. The van der Waals surface area contributed by atoms with Crippen LogP contribution in [-0.2, 0) is 6.42 Å². The van der Waals surface area contributed by atoms with Crippen molar-refractivity contribution in [1.82, 2.24) is 0 Å². The summed E-state index contributed by atoms with van der Waals surface area (Å²) in [4.78, 5) is 10.5. The molecule has 86 valence electrons.